The second-order valence-electron chi connectivity index (χ2n) is 5.91. The highest BCUT2D eigenvalue weighted by Crippen LogP contribution is 2.25. The zero-order valence-corrected chi connectivity index (χ0v) is 13.7. The van der Waals surface area contributed by atoms with E-state index in [1.807, 2.05) is 0 Å². The van der Waals surface area contributed by atoms with Crippen LogP contribution in [0, 0.1) is 10.1 Å². The number of ether oxygens (including phenoxy) is 1. The van der Waals surface area contributed by atoms with Crippen molar-refractivity contribution in [3.63, 3.8) is 0 Å². The molecule has 24 heavy (non-hydrogen) atoms. The Morgan fingerprint density at radius 2 is 2.00 bits per heavy atom. The minimum atomic E-state index is -0.383. The quantitative estimate of drug-likeness (QED) is 0.560. The van der Waals surface area contributed by atoms with Crippen molar-refractivity contribution in [2.24, 2.45) is 0 Å². The maximum Gasteiger partial charge on any atom is 0.311 e. The number of aromatic nitrogens is 1. The van der Waals surface area contributed by atoms with Crippen LogP contribution in [-0.2, 0) is 4.74 Å². The summed E-state index contributed by atoms with van der Waals surface area (Å²) < 4.78 is 5.32. The molecule has 9 nitrogen and oxygen atoms in total. The Labute approximate surface area is 141 Å². The van der Waals surface area contributed by atoms with Crippen molar-refractivity contribution in [1.29, 1.82) is 0 Å². The van der Waals surface area contributed by atoms with Crippen LogP contribution in [0.2, 0.25) is 0 Å². The SMILES string of the molecule is O=[N+]([O-])c1ccc(N2CCNCC2)nc1NCCN1CCOCC1. The standard InChI is InChI=1S/C15H24N6O3/c22-21(23)13-1-2-14(20-7-3-16-4-8-20)18-15(13)17-5-6-19-9-11-24-12-10-19/h1-2,16H,3-12H2,(H,17,18). The predicted octanol–water partition coefficient (Wildman–Crippen LogP) is 0.144. The van der Waals surface area contributed by atoms with E-state index in [9.17, 15) is 10.1 Å². The molecule has 3 heterocycles. The lowest BCUT2D eigenvalue weighted by atomic mass is 10.3. The molecule has 2 aliphatic heterocycles. The van der Waals surface area contributed by atoms with Crippen LogP contribution in [0.25, 0.3) is 0 Å². The number of hydrogen-bond donors (Lipinski definition) is 2. The molecule has 1 aromatic rings. The average Bonchev–Trinajstić information content (AvgIpc) is 2.63. The number of anilines is 2. The van der Waals surface area contributed by atoms with Gasteiger partial charge in [-0.05, 0) is 6.07 Å². The first-order valence-corrected chi connectivity index (χ1v) is 8.39. The van der Waals surface area contributed by atoms with Gasteiger partial charge in [0.15, 0.2) is 0 Å². The van der Waals surface area contributed by atoms with Gasteiger partial charge in [-0.3, -0.25) is 15.0 Å². The van der Waals surface area contributed by atoms with E-state index in [1.165, 1.54) is 0 Å². The molecule has 0 bridgehead atoms. The first kappa shape index (κ1) is 16.9. The number of piperazine rings is 1. The molecule has 3 rings (SSSR count). The van der Waals surface area contributed by atoms with E-state index in [0.29, 0.717) is 12.4 Å². The second-order valence-corrected chi connectivity index (χ2v) is 5.91. The molecule has 0 unspecified atom stereocenters. The van der Waals surface area contributed by atoms with Crippen LogP contribution in [0.4, 0.5) is 17.3 Å². The van der Waals surface area contributed by atoms with Crippen molar-refractivity contribution >= 4 is 17.3 Å². The van der Waals surface area contributed by atoms with E-state index in [-0.39, 0.29) is 10.6 Å². The van der Waals surface area contributed by atoms with Gasteiger partial charge < -0.3 is 20.3 Å². The second kappa shape index (κ2) is 8.22. The molecule has 9 heteroatoms. The summed E-state index contributed by atoms with van der Waals surface area (Å²) >= 11 is 0. The van der Waals surface area contributed by atoms with Gasteiger partial charge in [0.05, 0.1) is 18.1 Å². The Balaban J connectivity index is 1.65. The Hall–Kier alpha value is -1.97. The molecular weight excluding hydrogens is 312 g/mol. The highest BCUT2D eigenvalue weighted by molar-refractivity contribution is 5.61. The van der Waals surface area contributed by atoms with Crippen molar-refractivity contribution in [3.05, 3.63) is 22.2 Å². The van der Waals surface area contributed by atoms with Gasteiger partial charge in [0, 0.05) is 58.4 Å². The Morgan fingerprint density at radius 1 is 1.25 bits per heavy atom. The molecule has 2 N–H and O–H groups in total. The molecule has 2 fully saturated rings. The summed E-state index contributed by atoms with van der Waals surface area (Å²) in [5.74, 6) is 1.14. The molecule has 0 radical (unpaired) electrons. The normalized spacial score (nSPS) is 19.2. The van der Waals surface area contributed by atoms with Gasteiger partial charge in [0.25, 0.3) is 0 Å². The van der Waals surface area contributed by atoms with Gasteiger partial charge in [-0.1, -0.05) is 0 Å². The molecule has 0 atom stereocenters. The topological polar surface area (TPSA) is 95.8 Å². The van der Waals surface area contributed by atoms with Crippen LogP contribution in [0.15, 0.2) is 12.1 Å². The monoisotopic (exact) mass is 336 g/mol. The molecular formula is C15H24N6O3. The Morgan fingerprint density at radius 3 is 2.71 bits per heavy atom. The van der Waals surface area contributed by atoms with Gasteiger partial charge in [-0.2, -0.15) is 0 Å². The Kier molecular flexibility index (Phi) is 5.78. The van der Waals surface area contributed by atoms with Crippen LogP contribution >= 0.6 is 0 Å². The minimum Gasteiger partial charge on any atom is -0.379 e. The maximum absolute atomic E-state index is 11.2. The third kappa shape index (κ3) is 4.31. The number of pyridine rings is 1. The van der Waals surface area contributed by atoms with Crippen molar-refractivity contribution in [2.75, 3.05) is 75.8 Å². The molecule has 0 spiro atoms. The number of hydrogen-bond acceptors (Lipinski definition) is 8. The van der Waals surface area contributed by atoms with E-state index in [0.717, 1.165) is 64.8 Å². The molecule has 2 saturated heterocycles. The maximum atomic E-state index is 11.2. The van der Waals surface area contributed by atoms with Crippen LogP contribution in [0.5, 0.6) is 0 Å². The summed E-state index contributed by atoms with van der Waals surface area (Å²) in [6.07, 6.45) is 0. The Bertz CT molecular complexity index is 558. The van der Waals surface area contributed by atoms with Crippen LogP contribution < -0.4 is 15.5 Å². The van der Waals surface area contributed by atoms with Gasteiger partial charge >= 0.3 is 5.69 Å². The molecule has 1 aromatic heterocycles. The first-order chi connectivity index (χ1) is 11.7. The number of rotatable bonds is 6. The summed E-state index contributed by atoms with van der Waals surface area (Å²) in [5, 5.41) is 17.7. The van der Waals surface area contributed by atoms with Crippen LogP contribution in [0.1, 0.15) is 0 Å². The fourth-order valence-electron chi connectivity index (χ4n) is 2.95. The van der Waals surface area contributed by atoms with Crippen molar-refractivity contribution in [3.8, 4) is 0 Å². The van der Waals surface area contributed by atoms with E-state index < -0.39 is 0 Å². The first-order valence-electron chi connectivity index (χ1n) is 8.39. The average molecular weight is 336 g/mol. The van der Waals surface area contributed by atoms with Crippen molar-refractivity contribution < 1.29 is 9.66 Å². The molecule has 0 saturated carbocycles. The lowest BCUT2D eigenvalue weighted by Crippen LogP contribution is -2.44. The molecule has 0 amide bonds. The van der Waals surface area contributed by atoms with E-state index in [2.05, 4.69) is 25.4 Å². The van der Waals surface area contributed by atoms with E-state index >= 15 is 0 Å². The van der Waals surface area contributed by atoms with E-state index in [4.69, 9.17) is 4.74 Å². The van der Waals surface area contributed by atoms with Crippen LogP contribution in [-0.4, -0.2) is 80.4 Å². The molecule has 132 valence electrons. The van der Waals surface area contributed by atoms with Crippen LogP contribution in [0.3, 0.4) is 0 Å². The third-order valence-electron chi connectivity index (χ3n) is 4.32. The summed E-state index contributed by atoms with van der Waals surface area (Å²) in [4.78, 5) is 19.8. The van der Waals surface area contributed by atoms with E-state index in [1.54, 1.807) is 12.1 Å². The number of nitrogens with one attached hydrogen (secondary N) is 2. The third-order valence-corrected chi connectivity index (χ3v) is 4.32. The van der Waals surface area contributed by atoms with Gasteiger partial charge in [0.1, 0.15) is 5.82 Å². The zero-order valence-electron chi connectivity index (χ0n) is 13.7. The predicted molar refractivity (Wildman–Crippen MR) is 91.7 cm³/mol. The molecule has 0 aliphatic carbocycles. The molecule has 0 aromatic carbocycles. The summed E-state index contributed by atoms with van der Waals surface area (Å²) in [6, 6.07) is 3.28. The molecule has 2 aliphatic rings. The lowest BCUT2D eigenvalue weighted by Gasteiger charge is -2.29. The summed E-state index contributed by atoms with van der Waals surface area (Å²) in [5.41, 5.74) is 0.0239. The highest BCUT2D eigenvalue weighted by Gasteiger charge is 2.19. The summed E-state index contributed by atoms with van der Waals surface area (Å²) in [6.45, 7) is 8.26. The van der Waals surface area contributed by atoms with Gasteiger partial charge in [0.2, 0.25) is 5.82 Å². The smallest absolute Gasteiger partial charge is 0.311 e. The largest absolute Gasteiger partial charge is 0.379 e. The lowest BCUT2D eigenvalue weighted by molar-refractivity contribution is -0.384. The number of morpholine rings is 1. The zero-order chi connectivity index (χ0) is 16.8. The number of nitro groups is 1. The van der Waals surface area contributed by atoms with Crippen molar-refractivity contribution in [1.82, 2.24) is 15.2 Å². The number of nitrogens with zero attached hydrogens (tertiary/aromatic N) is 4. The highest BCUT2D eigenvalue weighted by atomic mass is 16.6. The minimum absolute atomic E-state index is 0.0239. The summed E-state index contributed by atoms with van der Waals surface area (Å²) in [7, 11) is 0. The fourth-order valence-corrected chi connectivity index (χ4v) is 2.95. The van der Waals surface area contributed by atoms with Gasteiger partial charge in [-0.15, -0.1) is 0 Å². The van der Waals surface area contributed by atoms with Gasteiger partial charge in [-0.25, -0.2) is 4.98 Å². The fraction of sp³-hybridized carbons (Fsp3) is 0.667. The van der Waals surface area contributed by atoms with Crippen molar-refractivity contribution in [2.45, 2.75) is 0 Å².